The smallest absolute Gasteiger partial charge is 0.268 e. The minimum Gasteiger partial charge on any atom is -0.342 e. The van der Waals surface area contributed by atoms with E-state index in [-0.39, 0.29) is 24.4 Å². The zero-order chi connectivity index (χ0) is 15.4. The van der Waals surface area contributed by atoms with Crippen LogP contribution in [-0.4, -0.2) is 54.0 Å². The largest absolute Gasteiger partial charge is 0.342 e. The van der Waals surface area contributed by atoms with Crippen LogP contribution in [0, 0.1) is 0 Å². The molecule has 1 fully saturated rings. The first-order chi connectivity index (χ1) is 9.99. The van der Waals surface area contributed by atoms with E-state index in [1.807, 2.05) is 24.6 Å². The summed E-state index contributed by atoms with van der Waals surface area (Å²) in [4.78, 5) is 26.0. The molecule has 0 bridgehead atoms. The van der Waals surface area contributed by atoms with Crippen LogP contribution in [-0.2, 0) is 4.79 Å². The van der Waals surface area contributed by atoms with Crippen LogP contribution in [0.25, 0.3) is 0 Å². The molecule has 1 aliphatic rings. The Hall–Kier alpha value is -1.34. The van der Waals surface area contributed by atoms with Crippen molar-refractivity contribution in [2.24, 2.45) is 0 Å². The number of nitrogens with zero attached hydrogens (tertiary/aromatic N) is 2. The molecular weight excluding hydrogens is 336 g/mol. The fraction of sp³-hybridized carbons (Fsp3) is 0.571. The second kappa shape index (κ2) is 7.09. The van der Waals surface area contributed by atoms with Crippen LogP contribution >= 0.6 is 15.9 Å². The first-order valence-corrected chi connectivity index (χ1v) is 7.92. The molecule has 0 atom stereocenters. The van der Waals surface area contributed by atoms with E-state index in [1.54, 1.807) is 11.0 Å². The maximum Gasteiger partial charge on any atom is 0.268 e. The summed E-state index contributed by atoms with van der Waals surface area (Å²) >= 11 is 3.38. The van der Waals surface area contributed by atoms with Crippen LogP contribution in [0.1, 0.15) is 30.4 Å². The maximum atomic E-state index is 12.2. The van der Waals surface area contributed by atoms with Gasteiger partial charge in [0, 0.05) is 42.9 Å². The fourth-order valence-electron chi connectivity index (χ4n) is 2.33. The highest BCUT2D eigenvalue weighted by molar-refractivity contribution is 9.10. The van der Waals surface area contributed by atoms with Crippen molar-refractivity contribution in [1.82, 2.24) is 20.1 Å². The van der Waals surface area contributed by atoms with Crippen LogP contribution < -0.4 is 10.6 Å². The van der Waals surface area contributed by atoms with Gasteiger partial charge >= 0.3 is 0 Å². The van der Waals surface area contributed by atoms with Crippen LogP contribution in [0.4, 0.5) is 0 Å². The van der Waals surface area contributed by atoms with Crippen molar-refractivity contribution >= 4 is 27.7 Å². The van der Waals surface area contributed by atoms with E-state index in [4.69, 9.17) is 0 Å². The van der Waals surface area contributed by atoms with Gasteiger partial charge in [0.15, 0.2) is 0 Å². The molecule has 0 spiro atoms. The number of amides is 2. The Morgan fingerprint density at radius 2 is 2.05 bits per heavy atom. The van der Waals surface area contributed by atoms with Crippen LogP contribution in [0.15, 0.2) is 16.7 Å². The number of piperazine rings is 1. The summed E-state index contributed by atoms with van der Waals surface area (Å²) in [5.41, 5.74) is 0.560. The first-order valence-electron chi connectivity index (χ1n) is 7.13. The van der Waals surface area contributed by atoms with Crippen LogP contribution in [0.2, 0.25) is 0 Å². The van der Waals surface area contributed by atoms with Gasteiger partial charge in [0.25, 0.3) is 5.91 Å². The molecule has 0 aliphatic carbocycles. The van der Waals surface area contributed by atoms with E-state index >= 15 is 0 Å². The molecule has 2 N–H and O–H groups in total. The predicted molar refractivity (Wildman–Crippen MR) is 84.3 cm³/mol. The average Bonchev–Trinajstić information content (AvgIpc) is 2.87. The number of hydrogen-bond acceptors (Lipinski definition) is 3. The van der Waals surface area contributed by atoms with Crippen LogP contribution in [0.3, 0.4) is 0 Å². The van der Waals surface area contributed by atoms with Gasteiger partial charge in [-0.05, 0) is 35.8 Å². The third-order valence-corrected chi connectivity index (χ3v) is 3.91. The molecule has 7 heteroatoms. The lowest BCUT2D eigenvalue weighted by Gasteiger charge is -2.27. The van der Waals surface area contributed by atoms with Gasteiger partial charge in [-0.15, -0.1) is 0 Å². The summed E-state index contributed by atoms with van der Waals surface area (Å²) in [5, 5.41) is 5.91. The molecule has 2 rings (SSSR count). The molecule has 1 saturated heterocycles. The summed E-state index contributed by atoms with van der Waals surface area (Å²) in [7, 11) is 0. The first kappa shape index (κ1) is 16.0. The average molecular weight is 357 g/mol. The standard InChI is InChI=1S/C14H21BrN4O2/c1-10(2)19-9-11(15)7-12(19)14(21)17-8-13(20)18-5-3-16-4-6-18/h7,9-10,16H,3-6,8H2,1-2H3,(H,17,21). The molecule has 21 heavy (non-hydrogen) atoms. The quantitative estimate of drug-likeness (QED) is 0.845. The van der Waals surface area contributed by atoms with Crippen molar-refractivity contribution < 1.29 is 9.59 Å². The number of hydrogen-bond donors (Lipinski definition) is 2. The molecule has 1 aromatic rings. The van der Waals surface area contributed by atoms with Crippen molar-refractivity contribution in [3.8, 4) is 0 Å². The highest BCUT2D eigenvalue weighted by Crippen LogP contribution is 2.19. The zero-order valence-electron chi connectivity index (χ0n) is 12.4. The number of carbonyl (C=O) groups excluding carboxylic acids is 2. The number of halogens is 1. The fourth-order valence-corrected chi connectivity index (χ4v) is 2.76. The second-order valence-corrected chi connectivity index (χ2v) is 6.27. The predicted octanol–water partition coefficient (Wildman–Crippen LogP) is 0.993. The third kappa shape index (κ3) is 4.07. The van der Waals surface area contributed by atoms with Gasteiger partial charge in [0.05, 0.1) is 6.54 Å². The van der Waals surface area contributed by atoms with Gasteiger partial charge in [0.2, 0.25) is 5.91 Å². The van der Waals surface area contributed by atoms with Gasteiger partial charge < -0.3 is 20.1 Å². The van der Waals surface area contributed by atoms with Crippen molar-refractivity contribution in [1.29, 1.82) is 0 Å². The Morgan fingerprint density at radius 3 is 2.67 bits per heavy atom. The van der Waals surface area contributed by atoms with E-state index in [2.05, 4.69) is 26.6 Å². The summed E-state index contributed by atoms with van der Waals surface area (Å²) in [6.07, 6.45) is 1.87. The highest BCUT2D eigenvalue weighted by Gasteiger charge is 2.19. The third-order valence-electron chi connectivity index (χ3n) is 3.47. The normalized spacial score (nSPS) is 15.3. The number of rotatable bonds is 4. The van der Waals surface area contributed by atoms with Crippen LogP contribution in [0.5, 0.6) is 0 Å². The summed E-state index contributed by atoms with van der Waals surface area (Å²) < 4.78 is 2.74. The summed E-state index contributed by atoms with van der Waals surface area (Å²) in [6, 6.07) is 1.95. The summed E-state index contributed by atoms with van der Waals surface area (Å²) in [5.74, 6) is -0.260. The Kier molecular flexibility index (Phi) is 5.41. The van der Waals surface area contributed by atoms with Gasteiger partial charge in [-0.25, -0.2) is 0 Å². The SMILES string of the molecule is CC(C)n1cc(Br)cc1C(=O)NCC(=O)N1CCNCC1. The lowest BCUT2D eigenvalue weighted by molar-refractivity contribution is -0.130. The molecule has 2 amide bonds. The zero-order valence-corrected chi connectivity index (χ0v) is 13.9. The van der Waals surface area contributed by atoms with Gasteiger partial charge in [-0.1, -0.05) is 0 Å². The maximum absolute atomic E-state index is 12.2. The Morgan fingerprint density at radius 1 is 1.38 bits per heavy atom. The van der Waals surface area contributed by atoms with Crippen molar-refractivity contribution in [2.75, 3.05) is 32.7 Å². The number of aromatic nitrogens is 1. The van der Waals surface area contributed by atoms with Crippen molar-refractivity contribution in [3.63, 3.8) is 0 Å². The van der Waals surface area contributed by atoms with E-state index in [0.29, 0.717) is 18.8 Å². The lowest BCUT2D eigenvalue weighted by atomic mass is 10.3. The molecule has 0 radical (unpaired) electrons. The molecule has 0 unspecified atom stereocenters. The number of nitrogens with one attached hydrogen (secondary N) is 2. The monoisotopic (exact) mass is 356 g/mol. The van der Waals surface area contributed by atoms with Gasteiger partial charge in [-0.2, -0.15) is 0 Å². The molecule has 6 nitrogen and oxygen atoms in total. The summed E-state index contributed by atoms with van der Waals surface area (Å²) in [6.45, 7) is 7.07. The van der Waals surface area contributed by atoms with E-state index in [0.717, 1.165) is 17.6 Å². The minimum absolute atomic E-state index is 0.0356. The Bertz CT molecular complexity index is 521. The van der Waals surface area contributed by atoms with E-state index in [1.165, 1.54) is 0 Å². The Balaban J connectivity index is 1.94. The molecule has 1 aromatic heterocycles. The van der Waals surface area contributed by atoms with Crippen molar-refractivity contribution in [2.45, 2.75) is 19.9 Å². The molecule has 0 saturated carbocycles. The van der Waals surface area contributed by atoms with E-state index < -0.39 is 0 Å². The molecule has 1 aliphatic heterocycles. The van der Waals surface area contributed by atoms with Crippen molar-refractivity contribution in [3.05, 3.63) is 22.4 Å². The second-order valence-electron chi connectivity index (χ2n) is 5.36. The highest BCUT2D eigenvalue weighted by atomic mass is 79.9. The lowest BCUT2D eigenvalue weighted by Crippen LogP contribution is -2.49. The molecular formula is C14H21BrN4O2. The molecule has 2 heterocycles. The van der Waals surface area contributed by atoms with Gasteiger partial charge in [-0.3, -0.25) is 9.59 Å². The molecule has 116 valence electrons. The van der Waals surface area contributed by atoms with Gasteiger partial charge in [0.1, 0.15) is 5.69 Å². The minimum atomic E-state index is -0.224. The van der Waals surface area contributed by atoms with E-state index in [9.17, 15) is 9.59 Å². The topological polar surface area (TPSA) is 66.4 Å². The Labute approximate surface area is 133 Å². The number of carbonyl (C=O) groups is 2. The molecule has 0 aromatic carbocycles.